The minimum absolute atomic E-state index is 0.0593. The first-order chi connectivity index (χ1) is 9.10. The van der Waals surface area contributed by atoms with E-state index in [2.05, 4.69) is 11.8 Å². The molecule has 0 saturated carbocycles. The molecule has 1 aliphatic rings. The Hall–Kier alpha value is -1.48. The lowest BCUT2D eigenvalue weighted by atomic mass is 9.98. The fraction of sp³-hybridized carbons (Fsp3) is 0.500. The van der Waals surface area contributed by atoms with Crippen LogP contribution >= 0.6 is 0 Å². The molecule has 1 aromatic carbocycles. The van der Waals surface area contributed by atoms with Crippen molar-refractivity contribution in [3.8, 4) is 0 Å². The van der Waals surface area contributed by atoms with Crippen molar-refractivity contribution in [1.82, 2.24) is 4.90 Å². The molecule has 1 heterocycles. The predicted molar refractivity (Wildman–Crippen MR) is 75.4 cm³/mol. The van der Waals surface area contributed by atoms with Crippen LogP contribution in [-0.2, 0) is 11.2 Å². The summed E-state index contributed by atoms with van der Waals surface area (Å²) in [4.78, 5) is 25.7. The van der Waals surface area contributed by atoms with Crippen LogP contribution in [0.1, 0.15) is 36.2 Å². The second-order valence-corrected chi connectivity index (χ2v) is 5.33. The van der Waals surface area contributed by atoms with Gasteiger partial charge in [-0.3, -0.25) is 14.5 Å². The quantitative estimate of drug-likeness (QED) is 0.779. The summed E-state index contributed by atoms with van der Waals surface area (Å²) in [6.07, 6.45) is 1.56. The predicted octanol–water partition coefficient (Wildman–Crippen LogP) is 2.34. The number of carbonyl (C=O) groups excluding carboxylic acids is 2. The summed E-state index contributed by atoms with van der Waals surface area (Å²) in [7, 11) is 0. The first-order valence-corrected chi connectivity index (χ1v) is 6.97. The van der Waals surface area contributed by atoms with Gasteiger partial charge in [-0.15, -0.1) is 0 Å². The Morgan fingerprint density at radius 3 is 2.58 bits per heavy atom. The minimum atomic E-state index is 0.0593. The van der Waals surface area contributed by atoms with E-state index in [1.165, 1.54) is 5.56 Å². The number of Topliss-reactive ketones (excluding diaryl/α,β-unsaturated/α-hetero) is 2. The highest BCUT2D eigenvalue weighted by Gasteiger charge is 2.24. The minimum Gasteiger partial charge on any atom is -0.299 e. The van der Waals surface area contributed by atoms with Crippen LogP contribution in [0, 0.1) is 5.92 Å². The second-order valence-electron chi connectivity index (χ2n) is 5.33. The van der Waals surface area contributed by atoms with Gasteiger partial charge in [0.15, 0.2) is 5.78 Å². The van der Waals surface area contributed by atoms with Crippen molar-refractivity contribution in [1.29, 1.82) is 0 Å². The molecule has 19 heavy (non-hydrogen) atoms. The van der Waals surface area contributed by atoms with Crippen LogP contribution in [0.15, 0.2) is 24.3 Å². The molecule has 1 unspecified atom stereocenters. The van der Waals surface area contributed by atoms with Gasteiger partial charge in [0.2, 0.25) is 0 Å². The van der Waals surface area contributed by atoms with Crippen LogP contribution in [0.4, 0.5) is 0 Å². The number of benzene rings is 1. The third-order valence-corrected chi connectivity index (χ3v) is 3.81. The Balaban J connectivity index is 1.95. The summed E-state index contributed by atoms with van der Waals surface area (Å²) in [6.45, 7) is 5.88. The van der Waals surface area contributed by atoms with Crippen LogP contribution < -0.4 is 0 Å². The van der Waals surface area contributed by atoms with Gasteiger partial charge in [-0.2, -0.15) is 0 Å². The maximum atomic E-state index is 12.2. The molecule has 0 aromatic heterocycles. The van der Waals surface area contributed by atoms with E-state index in [-0.39, 0.29) is 11.7 Å². The van der Waals surface area contributed by atoms with Crippen LogP contribution in [-0.4, -0.2) is 36.1 Å². The first kappa shape index (κ1) is 13.9. The summed E-state index contributed by atoms with van der Waals surface area (Å²) in [6, 6.07) is 7.82. The second kappa shape index (κ2) is 6.11. The number of carbonyl (C=O) groups is 2. The van der Waals surface area contributed by atoms with E-state index in [4.69, 9.17) is 0 Å². The van der Waals surface area contributed by atoms with Crippen molar-refractivity contribution in [2.24, 2.45) is 5.92 Å². The Morgan fingerprint density at radius 2 is 2.00 bits per heavy atom. The molecule has 1 aliphatic heterocycles. The molecule has 3 heteroatoms. The van der Waals surface area contributed by atoms with Crippen molar-refractivity contribution < 1.29 is 9.59 Å². The smallest absolute Gasteiger partial charge is 0.176 e. The number of nitrogens with zero attached hydrogens (tertiary/aromatic N) is 1. The zero-order chi connectivity index (χ0) is 13.8. The van der Waals surface area contributed by atoms with E-state index >= 15 is 0 Å². The molecule has 2 rings (SSSR count). The standard InChI is InChI=1S/C16H21NO2/c1-3-13-4-6-14(7-5-13)16(19)11-17-9-8-15(18)12(2)10-17/h4-7,12H,3,8-11H2,1-2H3. The zero-order valence-electron chi connectivity index (χ0n) is 11.7. The molecule has 1 aromatic rings. The Morgan fingerprint density at radius 1 is 1.32 bits per heavy atom. The molecular weight excluding hydrogens is 238 g/mol. The molecule has 0 aliphatic carbocycles. The highest BCUT2D eigenvalue weighted by molar-refractivity contribution is 5.97. The summed E-state index contributed by atoms with van der Waals surface area (Å²) in [5.41, 5.74) is 2.01. The van der Waals surface area contributed by atoms with Crippen molar-refractivity contribution in [3.63, 3.8) is 0 Å². The zero-order valence-corrected chi connectivity index (χ0v) is 11.7. The Labute approximate surface area is 114 Å². The highest BCUT2D eigenvalue weighted by Crippen LogP contribution is 2.13. The Bertz CT molecular complexity index is 464. The number of rotatable bonds is 4. The fourth-order valence-corrected chi connectivity index (χ4v) is 2.46. The van der Waals surface area contributed by atoms with Gasteiger partial charge in [0.1, 0.15) is 5.78 Å². The van der Waals surface area contributed by atoms with Gasteiger partial charge in [-0.25, -0.2) is 0 Å². The van der Waals surface area contributed by atoms with Crippen LogP contribution in [0.2, 0.25) is 0 Å². The van der Waals surface area contributed by atoms with Crippen LogP contribution in [0.3, 0.4) is 0 Å². The molecule has 3 nitrogen and oxygen atoms in total. The molecule has 0 N–H and O–H groups in total. The number of hydrogen-bond acceptors (Lipinski definition) is 3. The average Bonchev–Trinajstić information content (AvgIpc) is 2.43. The molecule has 1 fully saturated rings. The number of likely N-dealkylation sites (tertiary alicyclic amines) is 1. The molecule has 0 bridgehead atoms. The summed E-state index contributed by atoms with van der Waals surface area (Å²) in [5.74, 6) is 0.518. The highest BCUT2D eigenvalue weighted by atomic mass is 16.1. The average molecular weight is 259 g/mol. The van der Waals surface area contributed by atoms with Crippen molar-refractivity contribution >= 4 is 11.6 Å². The maximum absolute atomic E-state index is 12.2. The molecule has 102 valence electrons. The molecular formula is C16H21NO2. The molecule has 1 atom stereocenters. The largest absolute Gasteiger partial charge is 0.299 e. The number of piperidine rings is 1. The third kappa shape index (κ3) is 3.51. The summed E-state index contributed by atoms with van der Waals surface area (Å²) >= 11 is 0. The lowest BCUT2D eigenvalue weighted by molar-refractivity contribution is -0.125. The van der Waals surface area contributed by atoms with E-state index < -0.39 is 0 Å². The van der Waals surface area contributed by atoms with E-state index in [0.717, 1.165) is 12.0 Å². The van der Waals surface area contributed by atoms with Gasteiger partial charge >= 0.3 is 0 Å². The van der Waals surface area contributed by atoms with Crippen molar-refractivity contribution in [3.05, 3.63) is 35.4 Å². The van der Waals surface area contributed by atoms with E-state index in [9.17, 15) is 9.59 Å². The Kier molecular flexibility index (Phi) is 4.48. The SMILES string of the molecule is CCc1ccc(C(=O)CN2CCC(=O)C(C)C2)cc1. The first-order valence-electron chi connectivity index (χ1n) is 6.97. The molecule has 0 amide bonds. The van der Waals surface area contributed by atoms with Gasteiger partial charge in [0.05, 0.1) is 6.54 Å². The van der Waals surface area contributed by atoms with E-state index in [1.807, 2.05) is 31.2 Å². The lowest BCUT2D eigenvalue weighted by Crippen LogP contribution is -2.42. The van der Waals surface area contributed by atoms with Gasteiger partial charge < -0.3 is 0 Å². The summed E-state index contributed by atoms with van der Waals surface area (Å²) in [5, 5.41) is 0. The van der Waals surface area contributed by atoms with E-state index in [0.29, 0.717) is 31.8 Å². The third-order valence-electron chi connectivity index (χ3n) is 3.81. The van der Waals surface area contributed by atoms with E-state index in [1.54, 1.807) is 0 Å². The van der Waals surface area contributed by atoms with Crippen LogP contribution in [0.5, 0.6) is 0 Å². The normalized spacial score (nSPS) is 20.5. The lowest BCUT2D eigenvalue weighted by Gasteiger charge is -2.29. The van der Waals surface area contributed by atoms with Gasteiger partial charge in [0.25, 0.3) is 0 Å². The number of hydrogen-bond donors (Lipinski definition) is 0. The molecule has 1 saturated heterocycles. The van der Waals surface area contributed by atoms with Crippen molar-refractivity contribution in [2.45, 2.75) is 26.7 Å². The molecule has 0 spiro atoms. The number of ketones is 2. The monoisotopic (exact) mass is 259 g/mol. The number of aryl methyl sites for hydroxylation is 1. The summed E-state index contributed by atoms with van der Waals surface area (Å²) < 4.78 is 0. The molecule has 0 radical (unpaired) electrons. The fourth-order valence-electron chi connectivity index (χ4n) is 2.46. The maximum Gasteiger partial charge on any atom is 0.176 e. The van der Waals surface area contributed by atoms with Crippen molar-refractivity contribution in [2.75, 3.05) is 19.6 Å². The van der Waals surface area contributed by atoms with Gasteiger partial charge in [-0.1, -0.05) is 38.1 Å². The van der Waals surface area contributed by atoms with Gasteiger partial charge in [-0.05, 0) is 12.0 Å². The van der Waals surface area contributed by atoms with Gasteiger partial charge in [0, 0.05) is 31.0 Å². The topological polar surface area (TPSA) is 37.4 Å². The van der Waals surface area contributed by atoms with Crippen LogP contribution in [0.25, 0.3) is 0 Å².